The Morgan fingerprint density at radius 3 is 2.78 bits per heavy atom. The third-order valence-corrected chi connectivity index (χ3v) is 4.57. The van der Waals surface area contributed by atoms with Crippen molar-refractivity contribution < 1.29 is 9.47 Å². The van der Waals surface area contributed by atoms with E-state index in [0.29, 0.717) is 11.5 Å². The van der Waals surface area contributed by atoms with Crippen LogP contribution < -0.4 is 14.9 Å². The van der Waals surface area contributed by atoms with Gasteiger partial charge in [-0.25, -0.2) is 4.98 Å². The van der Waals surface area contributed by atoms with Crippen LogP contribution in [0.3, 0.4) is 0 Å². The van der Waals surface area contributed by atoms with Gasteiger partial charge in [-0.3, -0.25) is 5.43 Å². The number of hydrogen-bond donors (Lipinski definition) is 1. The van der Waals surface area contributed by atoms with Gasteiger partial charge in [-0.05, 0) is 30.7 Å². The molecule has 7 heteroatoms. The van der Waals surface area contributed by atoms with Crippen LogP contribution in [0.1, 0.15) is 10.4 Å². The first kappa shape index (κ1) is 18.4. The minimum Gasteiger partial charge on any atom is -0.493 e. The largest absolute Gasteiger partial charge is 0.493 e. The Balaban J connectivity index is 1.70. The molecule has 1 N–H and O–H groups in total. The highest BCUT2D eigenvalue weighted by molar-refractivity contribution is 7.15. The minimum atomic E-state index is -0.0293. The number of hydrogen-bond acceptors (Lipinski definition) is 7. The van der Waals surface area contributed by atoms with Crippen molar-refractivity contribution in [3.63, 3.8) is 0 Å². The van der Waals surface area contributed by atoms with E-state index in [1.807, 2.05) is 49.4 Å². The molecule has 0 atom stereocenters. The van der Waals surface area contributed by atoms with E-state index in [-0.39, 0.29) is 6.61 Å². The van der Waals surface area contributed by atoms with Gasteiger partial charge in [0.05, 0.1) is 19.0 Å². The summed E-state index contributed by atoms with van der Waals surface area (Å²) >= 11 is 1.55. The molecule has 0 radical (unpaired) electrons. The fourth-order valence-corrected chi connectivity index (χ4v) is 3.25. The summed E-state index contributed by atoms with van der Waals surface area (Å²) in [4.78, 5) is 5.74. The zero-order chi connectivity index (χ0) is 19.1. The molecule has 0 aliphatic heterocycles. The summed E-state index contributed by atoms with van der Waals surface area (Å²) in [7, 11) is 1.55. The van der Waals surface area contributed by atoms with E-state index in [1.54, 1.807) is 36.8 Å². The molecule has 2 aromatic carbocycles. The molecule has 6 nitrogen and oxygen atoms in total. The van der Waals surface area contributed by atoms with Crippen molar-refractivity contribution in [1.29, 1.82) is 5.26 Å². The lowest BCUT2D eigenvalue weighted by atomic mass is 10.1. The topological polar surface area (TPSA) is 79.5 Å². The second-order valence-corrected chi connectivity index (χ2v) is 6.72. The summed E-state index contributed by atoms with van der Waals surface area (Å²) in [5.41, 5.74) is 5.85. The SMILES string of the molecule is COc1cc(/C=N\Nc2nc(-c3ccccc3)c(C)s2)ccc1OCC#N. The van der Waals surface area contributed by atoms with E-state index in [2.05, 4.69) is 15.5 Å². The predicted molar refractivity (Wildman–Crippen MR) is 108 cm³/mol. The van der Waals surface area contributed by atoms with Crippen LogP contribution in [0.4, 0.5) is 5.13 Å². The number of methoxy groups -OCH3 is 1. The van der Waals surface area contributed by atoms with Gasteiger partial charge in [-0.15, -0.1) is 11.3 Å². The van der Waals surface area contributed by atoms with Gasteiger partial charge in [-0.1, -0.05) is 30.3 Å². The van der Waals surface area contributed by atoms with Gasteiger partial charge in [-0.2, -0.15) is 10.4 Å². The Morgan fingerprint density at radius 2 is 2.04 bits per heavy atom. The fraction of sp³-hybridized carbons (Fsp3) is 0.150. The van der Waals surface area contributed by atoms with Crippen LogP contribution in [0, 0.1) is 18.3 Å². The quantitative estimate of drug-likeness (QED) is 0.484. The van der Waals surface area contributed by atoms with E-state index < -0.39 is 0 Å². The maximum atomic E-state index is 8.61. The first-order valence-electron chi connectivity index (χ1n) is 8.21. The minimum absolute atomic E-state index is 0.0293. The number of nitrogens with one attached hydrogen (secondary N) is 1. The molecule has 136 valence electrons. The van der Waals surface area contributed by atoms with Crippen molar-refractivity contribution in [3.8, 4) is 28.8 Å². The Bertz CT molecular complexity index is 977. The molecule has 0 saturated carbocycles. The first-order chi connectivity index (χ1) is 13.2. The summed E-state index contributed by atoms with van der Waals surface area (Å²) in [6, 6.07) is 17.4. The molecule has 0 amide bonds. The fourth-order valence-electron chi connectivity index (χ4n) is 2.46. The van der Waals surface area contributed by atoms with Crippen molar-refractivity contribution in [3.05, 3.63) is 59.0 Å². The second kappa shape index (κ2) is 8.83. The monoisotopic (exact) mass is 378 g/mol. The molecule has 1 heterocycles. The molecular weight excluding hydrogens is 360 g/mol. The van der Waals surface area contributed by atoms with E-state index in [9.17, 15) is 0 Å². The maximum absolute atomic E-state index is 8.61. The molecule has 1 aromatic heterocycles. The van der Waals surface area contributed by atoms with Crippen LogP contribution in [0.2, 0.25) is 0 Å². The highest BCUT2D eigenvalue weighted by Crippen LogP contribution is 2.30. The Hall–Kier alpha value is -3.37. The average Bonchev–Trinajstić information content (AvgIpc) is 3.08. The molecular formula is C20H18N4O2S. The smallest absolute Gasteiger partial charge is 0.204 e. The van der Waals surface area contributed by atoms with Gasteiger partial charge in [0.2, 0.25) is 5.13 Å². The van der Waals surface area contributed by atoms with E-state index in [0.717, 1.165) is 26.8 Å². The van der Waals surface area contributed by atoms with Crippen molar-refractivity contribution in [2.45, 2.75) is 6.92 Å². The number of aromatic nitrogens is 1. The standard InChI is InChI=1S/C20H18N4O2S/c1-14-19(16-6-4-3-5-7-16)23-20(27-14)24-22-13-15-8-9-17(26-11-10-21)18(12-15)25-2/h3-9,12-13H,11H2,1-2H3,(H,23,24)/b22-13-. The highest BCUT2D eigenvalue weighted by Gasteiger charge is 2.09. The lowest BCUT2D eigenvalue weighted by molar-refractivity contribution is 0.329. The van der Waals surface area contributed by atoms with Gasteiger partial charge in [0.15, 0.2) is 18.1 Å². The van der Waals surface area contributed by atoms with Gasteiger partial charge < -0.3 is 9.47 Å². The number of ether oxygens (including phenoxy) is 2. The van der Waals surface area contributed by atoms with Crippen molar-refractivity contribution in [2.24, 2.45) is 5.10 Å². The van der Waals surface area contributed by atoms with Crippen molar-refractivity contribution in [2.75, 3.05) is 19.1 Å². The van der Waals surface area contributed by atoms with Crippen molar-refractivity contribution >= 4 is 22.7 Å². The Morgan fingerprint density at radius 1 is 1.22 bits per heavy atom. The lowest BCUT2D eigenvalue weighted by Gasteiger charge is -2.08. The molecule has 0 spiro atoms. The predicted octanol–water partition coefficient (Wildman–Crippen LogP) is 4.48. The molecule has 0 unspecified atom stereocenters. The molecule has 3 aromatic rings. The van der Waals surface area contributed by atoms with Gasteiger partial charge in [0.25, 0.3) is 0 Å². The van der Waals surface area contributed by atoms with Crippen LogP contribution >= 0.6 is 11.3 Å². The van der Waals surface area contributed by atoms with Crippen LogP contribution in [0.5, 0.6) is 11.5 Å². The number of nitriles is 1. The van der Waals surface area contributed by atoms with Crippen LogP contribution in [-0.4, -0.2) is 24.9 Å². The lowest BCUT2D eigenvalue weighted by Crippen LogP contribution is -1.98. The maximum Gasteiger partial charge on any atom is 0.204 e. The number of anilines is 1. The summed E-state index contributed by atoms with van der Waals surface area (Å²) in [5, 5.41) is 13.6. The number of benzene rings is 2. The number of aryl methyl sites for hydroxylation is 1. The normalized spacial score (nSPS) is 10.6. The molecule has 27 heavy (non-hydrogen) atoms. The summed E-state index contributed by atoms with van der Waals surface area (Å²) in [6.07, 6.45) is 1.68. The Kier molecular flexibility index (Phi) is 6.02. The third kappa shape index (κ3) is 4.63. The van der Waals surface area contributed by atoms with E-state index in [4.69, 9.17) is 14.7 Å². The van der Waals surface area contributed by atoms with Crippen LogP contribution in [0.15, 0.2) is 53.6 Å². The molecule has 0 bridgehead atoms. The molecule has 0 fully saturated rings. The van der Waals surface area contributed by atoms with Crippen LogP contribution in [-0.2, 0) is 0 Å². The second-order valence-electron chi connectivity index (χ2n) is 5.52. The zero-order valence-electron chi connectivity index (χ0n) is 15.0. The number of hydrazone groups is 1. The molecule has 0 aliphatic carbocycles. The number of thiazole rings is 1. The first-order valence-corrected chi connectivity index (χ1v) is 9.02. The van der Waals surface area contributed by atoms with Gasteiger partial charge in [0, 0.05) is 10.4 Å². The zero-order valence-corrected chi connectivity index (χ0v) is 15.8. The van der Waals surface area contributed by atoms with Gasteiger partial charge >= 0.3 is 0 Å². The van der Waals surface area contributed by atoms with Gasteiger partial charge in [0.1, 0.15) is 6.07 Å². The highest BCUT2D eigenvalue weighted by atomic mass is 32.1. The van der Waals surface area contributed by atoms with E-state index >= 15 is 0 Å². The summed E-state index contributed by atoms with van der Waals surface area (Å²) in [5.74, 6) is 1.07. The summed E-state index contributed by atoms with van der Waals surface area (Å²) in [6.45, 7) is 2.01. The average molecular weight is 378 g/mol. The van der Waals surface area contributed by atoms with Crippen molar-refractivity contribution in [1.82, 2.24) is 4.98 Å². The Labute approximate surface area is 161 Å². The number of rotatable bonds is 7. The number of nitrogens with zero attached hydrogens (tertiary/aromatic N) is 3. The third-order valence-electron chi connectivity index (χ3n) is 3.70. The van der Waals surface area contributed by atoms with E-state index in [1.165, 1.54) is 0 Å². The molecule has 0 aliphatic rings. The molecule has 0 saturated heterocycles. The molecule has 3 rings (SSSR count). The van der Waals surface area contributed by atoms with Crippen LogP contribution in [0.25, 0.3) is 11.3 Å². The summed E-state index contributed by atoms with van der Waals surface area (Å²) < 4.78 is 10.6.